The van der Waals surface area contributed by atoms with Gasteiger partial charge in [-0.25, -0.2) is 0 Å². The first-order valence-electron chi connectivity index (χ1n) is 7.54. The Balaban J connectivity index is 2.65. The maximum Gasteiger partial charge on any atom is 0.234 e. The quantitative estimate of drug-likeness (QED) is 0.732. The van der Waals surface area contributed by atoms with Gasteiger partial charge in [-0.1, -0.05) is 19.9 Å². The molecule has 0 saturated heterocycles. The van der Waals surface area contributed by atoms with E-state index in [1.54, 1.807) is 6.07 Å². The minimum atomic E-state index is 0.00161. The van der Waals surface area contributed by atoms with Crippen molar-refractivity contribution in [1.29, 1.82) is 0 Å². The van der Waals surface area contributed by atoms with Crippen LogP contribution < -0.4 is 10.1 Å². The molecular formula is C16H26N2O3. The van der Waals surface area contributed by atoms with Crippen molar-refractivity contribution in [2.45, 2.75) is 33.7 Å². The van der Waals surface area contributed by atoms with Crippen molar-refractivity contribution in [3.8, 4) is 11.5 Å². The molecule has 0 spiro atoms. The van der Waals surface area contributed by atoms with Crippen LogP contribution in [0.25, 0.3) is 0 Å². The maximum absolute atomic E-state index is 11.6. The normalized spacial score (nSPS) is 10.7. The van der Waals surface area contributed by atoms with Crippen molar-refractivity contribution in [2.24, 2.45) is 0 Å². The van der Waals surface area contributed by atoms with Gasteiger partial charge in [0.25, 0.3) is 0 Å². The van der Waals surface area contributed by atoms with Gasteiger partial charge in [0.1, 0.15) is 11.5 Å². The van der Waals surface area contributed by atoms with Crippen LogP contribution >= 0.6 is 0 Å². The fourth-order valence-electron chi connectivity index (χ4n) is 1.96. The predicted octanol–water partition coefficient (Wildman–Crippen LogP) is 2.14. The smallest absolute Gasteiger partial charge is 0.234 e. The van der Waals surface area contributed by atoms with E-state index in [0.29, 0.717) is 32.0 Å². The number of amides is 1. The van der Waals surface area contributed by atoms with E-state index in [1.807, 2.05) is 37.8 Å². The zero-order valence-corrected chi connectivity index (χ0v) is 13.2. The molecule has 0 radical (unpaired) electrons. The lowest BCUT2D eigenvalue weighted by atomic mass is 10.1. The largest absolute Gasteiger partial charge is 0.507 e. The van der Waals surface area contributed by atoms with Gasteiger partial charge >= 0.3 is 0 Å². The Morgan fingerprint density at radius 2 is 2.10 bits per heavy atom. The van der Waals surface area contributed by atoms with Crippen LogP contribution in [-0.2, 0) is 11.3 Å². The van der Waals surface area contributed by atoms with Gasteiger partial charge in [-0.15, -0.1) is 0 Å². The molecule has 0 bridgehead atoms. The number of aromatic hydroxyl groups is 1. The van der Waals surface area contributed by atoms with Crippen LogP contribution in [0.1, 0.15) is 32.8 Å². The van der Waals surface area contributed by atoms with E-state index in [9.17, 15) is 9.90 Å². The molecule has 0 aliphatic heterocycles. The number of nitrogens with zero attached hydrogens (tertiary/aromatic N) is 1. The summed E-state index contributed by atoms with van der Waals surface area (Å²) >= 11 is 0. The van der Waals surface area contributed by atoms with Crippen molar-refractivity contribution < 1.29 is 14.6 Å². The summed E-state index contributed by atoms with van der Waals surface area (Å²) in [5, 5.41) is 12.8. The second-order valence-corrected chi connectivity index (χ2v) is 4.90. The molecule has 0 saturated carbocycles. The Kier molecular flexibility index (Phi) is 7.61. The maximum atomic E-state index is 11.6. The molecule has 0 unspecified atom stereocenters. The zero-order chi connectivity index (χ0) is 15.7. The molecule has 1 aromatic rings. The Labute approximate surface area is 126 Å². The molecule has 1 rings (SSSR count). The van der Waals surface area contributed by atoms with Gasteiger partial charge in [-0.3, -0.25) is 9.69 Å². The lowest BCUT2D eigenvalue weighted by Crippen LogP contribution is -2.36. The first-order valence-corrected chi connectivity index (χ1v) is 7.54. The van der Waals surface area contributed by atoms with Gasteiger partial charge < -0.3 is 15.2 Å². The summed E-state index contributed by atoms with van der Waals surface area (Å²) in [4.78, 5) is 13.6. The molecule has 118 valence electrons. The van der Waals surface area contributed by atoms with Gasteiger partial charge in [-0.2, -0.15) is 0 Å². The lowest BCUT2D eigenvalue weighted by Gasteiger charge is -2.20. The van der Waals surface area contributed by atoms with Crippen LogP contribution in [-0.4, -0.2) is 42.2 Å². The number of phenolic OH excluding ortho intramolecular Hbond substituents is 1. The topological polar surface area (TPSA) is 61.8 Å². The first kappa shape index (κ1) is 17.3. The predicted molar refractivity (Wildman–Crippen MR) is 83.5 cm³/mol. The highest BCUT2D eigenvalue weighted by Gasteiger charge is 2.12. The molecule has 0 heterocycles. The summed E-state index contributed by atoms with van der Waals surface area (Å²) in [5.74, 6) is 0.879. The number of nitrogens with one attached hydrogen (secondary N) is 1. The van der Waals surface area contributed by atoms with E-state index in [4.69, 9.17) is 4.74 Å². The van der Waals surface area contributed by atoms with E-state index < -0.39 is 0 Å². The van der Waals surface area contributed by atoms with Crippen LogP contribution in [0.5, 0.6) is 11.5 Å². The Bertz CT molecular complexity index is 449. The second kappa shape index (κ2) is 9.23. The highest BCUT2D eigenvalue weighted by Crippen LogP contribution is 2.24. The zero-order valence-electron chi connectivity index (χ0n) is 13.2. The molecule has 0 fully saturated rings. The van der Waals surface area contributed by atoms with E-state index in [1.165, 1.54) is 0 Å². The lowest BCUT2D eigenvalue weighted by molar-refractivity contribution is -0.122. The van der Waals surface area contributed by atoms with E-state index >= 15 is 0 Å². The van der Waals surface area contributed by atoms with Crippen molar-refractivity contribution in [3.63, 3.8) is 0 Å². The molecule has 21 heavy (non-hydrogen) atoms. The van der Waals surface area contributed by atoms with Gasteiger partial charge in [0.05, 0.1) is 13.2 Å². The number of hydrogen-bond donors (Lipinski definition) is 2. The average molecular weight is 294 g/mol. The molecule has 0 aliphatic rings. The van der Waals surface area contributed by atoms with Crippen molar-refractivity contribution in [1.82, 2.24) is 10.2 Å². The molecule has 0 aromatic heterocycles. The third-order valence-electron chi connectivity index (χ3n) is 3.11. The van der Waals surface area contributed by atoms with Gasteiger partial charge in [-0.05, 0) is 26.0 Å². The highest BCUT2D eigenvalue weighted by atomic mass is 16.5. The number of ether oxygens (including phenoxy) is 1. The Hall–Kier alpha value is -1.75. The minimum Gasteiger partial charge on any atom is -0.507 e. The number of carbonyl (C=O) groups excluding carboxylic acids is 1. The van der Waals surface area contributed by atoms with Gasteiger partial charge in [0.2, 0.25) is 5.91 Å². The third kappa shape index (κ3) is 6.04. The highest BCUT2D eigenvalue weighted by molar-refractivity contribution is 5.77. The Morgan fingerprint density at radius 1 is 1.33 bits per heavy atom. The number of likely N-dealkylation sites (N-methyl/N-ethyl adjacent to an activating group) is 2. The van der Waals surface area contributed by atoms with Crippen LogP contribution in [0, 0.1) is 0 Å². The molecule has 0 atom stereocenters. The van der Waals surface area contributed by atoms with E-state index in [2.05, 4.69) is 5.32 Å². The van der Waals surface area contributed by atoms with Crippen LogP contribution in [0.2, 0.25) is 0 Å². The second-order valence-electron chi connectivity index (χ2n) is 4.90. The molecule has 2 N–H and O–H groups in total. The first-order chi connectivity index (χ1) is 10.1. The number of rotatable bonds is 9. The van der Waals surface area contributed by atoms with Gasteiger partial charge in [0, 0.05) is 24.7 Å². The minimum absolute atomic E-state index is 0.00161. The van der Waals surface area contributed by atoms with Crippen LogP contribution in [0.15, 0.2) is 18.2 Å². The summed E-state index contributed by atoms with van der Waals surface area (Å²) in [6, 6.07) is 5.33. The molecule has 5 heteroatoms. The SMILES string of the molecule is CCCOc1ccc(CN(CC)CC(=O)NCC)c(O)c1. The fraction of sp³-hybridized carbons (Fsp3) is 0.562. The molecular weight excluding hydrogens is 268 g/mol. The van der Waals surface area contributed by atoms with Crippen molar-refractivity contribution >= 4 is 5.91 Å². The van der Waals surface area contributed by atoms with E-state index in [0.717, 1.165) is 18.5 Å². The summed E-state index contributed by atoms with van der Waals surface area (Å²) < 4.78 is 5.48. The van der Waals surface area contributed by atoms with Gasteiger partial charge in [0.15, 0.2) is 0 Å². The summed E-state index contributed by atoms with van der Waals surface area (Å²) in [6.45, 7) is 8.80. The molecule has 1 aromatic carbocycles. The number of hydrogen-bond acceptors (Lipinski definition) is 4. The monoisotopic (exact) mass is 294 g/mol. The number of phenols is 1. The molecule has 5 nitrogen and oxygen atoms in total. The average Bonchev–Trinajstić information content (AvgIpc) is 2.46. The number of carbonyl (C=O) groups is 1. The van der Waals surface area contributed by atoms with Crippen molar-refractivity contribution in [2.75, 3.05) is 26.2 Å². The standard InChI is InChI=1S/C16H26N2O3/c1-4-9-21-14-8-7-13(15(19)10-14)11-18(6-3)12-16(20)17-5-2/h7-8,10,19H,4-6,9,11-12H2,1-3H3,(H,17,20). The van der Waals surface area contributed by atoms with E-state index in [-0.39, 0.29) is 11.7 Å². The summed E-state index contributed by atoms with van der Waals surface area (Å²) in [7, 11) is 0. The number of benzene rings is 1. The third-order valence-corrected chi connectivity index (χ3v) is 3.11. The van der Waals surface area contributed by atoms with Crippen LogP contribution in [0.4, 0.5) is 0 Å². The molecule has 0 aliphatic carbocycles. The fourth-order valence-corrected chi connectivity index (χ4v) is 1.96. The Morgan fingerprint density at radius 3 is 2.67 bits per heavy atom. The van der Waals surface area contributed by atoms with Crippen molar-refractivity contribution in [3.05, 3.63) is 23.8 Å². The summed E-state index contributed by atoms with van der Waals surface area (Å²) in [5.41, 5.74) is 0.796. The van der Waals surface area contributed by atoms with Crippen LogP contribution in [0.3, 0.4) is 0 Å². The summed E-state index contributed by atoms with van der Waals surface area (Å²) in [6.07, 6.45) is 0.929. The molecule has 1 amide bonds.